The van der Waals surface area contributed by atoms with Gasteiger partial charge in [0.05, 0.1) is 11.1 Å². The molecule has 3 heterocycles. The lowest BCUT2D eigenvalue weighted by molar-refractivity contribution is 0.0865. The highest BCUT2D eigenvalue weighted by Crippen LogP contribution is 2.34. The number of amides is 2. The summed E-state index contributed by atoms with van der Waals surface area (Å²) in [6.45, 7) is 0.782. The van der Waals surface area contributed by atoms with Crippen molar-refractivity contribution >= 4 is 45.6 Å². The van der Waals surface area contributed by atoms with Crippen molar-refractivity contribution < 1.29 is 9.59 Å². The molecule has 5 rings (SSSR count). The number of benzene rings is 2. The normalized spacial score (nSPS) is 13.5. The molecule has 2 amide bonds. The van der Waals surface area contributed by atoms with Gasteiger partial charge in [0.15, 0.2) is 0 Å². The molecule has 2 aromatic carbocycles. The first kappa shape index (κ1) is 17.8. The maximum Gasteiger partial charge on any atom is 0.263 e. The predicted molar refractivity (Wildman–Crippen MR) is 116 cm³/mol. The summed E-state index contributed by atoms with van der Waals surface area (Å²) in [7, 11) is 1.62. The van der Waals surface area contributed by atoms with Crippen LogP contribution in [-0.4, -0.2) is 45.4 Å². The summed E-state index contributed by atoms with van der Waals surface area (Å²) in [5.41, 5.74) is 4.75. The van der Waals surface area contributed by atoms with Gasteiger partial charge in [0, 0.05) is 53.6 Å². The van der Waals surface area contributed by atoms with E-state index in [9.17, 15) is 9.59 Å². The van der Waals surface area contributed by atoms with Crippen molar-refractivity contribution in [1.82, 2.24) is 19.6 Å². The number of pyridine rings is 1. The summed E-state index contributed by atoms with van der Waals surface area (Å²) in [6.07, 6.45) is 3.47. The van der Waals surface area contributed by atoms with Crippen LogP contribution in [0.2, 0.25) is 0 Å². The third-order valence-electron chi connectivity index (χ3n) is 5.21. The van der Waals surface area contributed by atoms with E-state index in [0.717, 1.165) is 45.2 Å². The van der Waals surface area contributed by atoms with Gasteiger partial charge >= 0.3 is 0 Å². The van der Waals surface area contributed by atoms with Gasteiger partial charge in [-0.1, -0.05) is 6.07 Å². The Labute approximate surface area is 171 Å². The minimum Gasteiger partial charge on any atom is -0.355 e. The average molecular weight is 402 g/mol. The fourth-order valence-corrected chi connectivity index (χ4v) is 4.24. The van der Waals surface area contributed by atoms with Crippen molar-refractivity contribution in [3.8, 4) is 11.1 Å². The molecule has 1 aliphatic rings. The highest BCUT2D eigenvalue weighted by atomic mass is 32.2. The van der Waals surface area contributed by atoms with E-state index in [-0.39, 0.29) is 11.8 Å². The number of nitrogens with one attached hydrogen (secondary N) is 2. The lowest BCUT2D eigenvalue weighted by Crippen LogP contribution is -2.35. The van der Waals surface area contributed by atoms with Crippen LogP contribution < -0.4 is 5.32 Å². The molecular formula is C22H18N4O2S. The number of carbonyl (C=O) groups is 2. The van der Waals surface area contributed by atoms with Gasteiger partial charge in [-0.2, -0.15) is 0 Å². The summed E-state index contributed by atoms with van der Waals surface area (Å²) < 4.78 is 1.77. The van der Waals surface area contributed by atoms with Gasteiger partial charge in [0.2, 0.25) is 0 Å². The number of fused-ring (bicyclic) bond motifs is 3. The zero-order valence-corrected chi connectivity index (χ0v) is 16.5. The Bertz CT molecular complexity index is 1260. The number of H-pyrrole nitrogens is 1. The van der Waals surface area contributed by atoms with Crippen LogP contribution in [-0.2, 0) is 0 Å². The van der Waals surface area contributed by atoms with Gasteiger partial charge in [-0.3, -0.25) is 18.9 Å². The van der Waals surface area contributed by atoms with E-state index < -0.39 is 0 Å². The topological polar surface area (TPSA) is 78.1 Å². The molecule has 0 saturated carbocycles. The molecule has 6 nitrogen and oxygen atoms in total. The van der Waals surface area contributed by atoms with Crippen LogP contribution in [0.3, 0.4) is 0 Å². The van der Waals surface area contributed by atoms with Crippen LogP contribution >= 0.6 is 11.9 Å². The maximum absolute atomic E-state index is 12.6. The van der Waals surface area contributed by atoms with Crippen molar-refractivity contribution in [3.05, 3.63) is 66.0 Å². The minimum atomic E-state index is -0.161. The number of hydrogen-bond donors (Lipinski definition) is 2. The molecule has 0 atom stereocenters. The Morgan fingerprint density at radius 3 is 2.55 bits per heavy atom. The molecule has 0 radical (unpaired) electrons. The molecule has 0 unspecified atom stereocenters. The molecule has 1 fully saturated rings. The summed E-state index contributed by atoms with van der Waals surface area (Å²) in [5.74, 6) is 0.838. The van der Waals surface area contributed by atoms with Crippen LogP contribution in [0.15, 0.2) is 54.9 Å². The summed E-state index contributed by atoms with van der Waals surface area (Å²) in [5, 5.41) is 4.65. The molecule has 2 aromatic heterocycles. The molecule has 0 spiro atoms. The van der Waals surface area contributed by atoms with Gasteiger partial charge in [0.1, 0.15) is 0 Å². The number of hydrogen-bond acceptors (Lipinski definition) is 4. The highest BCUT2D eigenvalue weighted by molar-refractivity contribution is 7.98. The molecule has 4 aromatic rings. The number of rotatable bonds is 3. The van der Waals surface area contributed by atoms with Crippen molar-refractivity contribution in [2.75, 3.05) is 19.3 Å². The van der Waals surface area contributed by atoms with E-state index in [1.807, 2.05) is 36.4 Å². The molecule has 29 heavy (non-hydrogen) atoms. The van der Waals surface area contributed by atoms with Crippen molar-refractivity contribution in [1.29, 1.82) is 0 Å². The number of carbonyl (C=O) groups excluding carboxylic acids is 2. The van der Waals surface area contributed by atoms with Gasteiger partial charge in [0.25, 0.3) is 11.8 Å². The minimum absolute atomic E-state index is 0.0193. The zero-order valence-electron chi connectivity index (χ0n) is 15.7. The predicted octanol–water partition coefficient (Wildman–Crippen LogP) is 3.85. The van der Waals surface area contributed by atoms with Crippen LogP contribution in [0, 0.1) is 0 Å². The Hall–Kier alpha value is -3.32. The molecule has 144 valence electrons. The summed E-state index contributed by atoms with van der Waals surface area (Å²) in [4.78, 5) is 32.6. The average Bonchev–Trinajstić information content (AvgIpc) is 3.09. The van der Waals surface area contributed by atoms with Gasteiger partial charge in [-0.15, -0.1) is 0 Å². The van der Waals surface area contributed by atoms with E-state index in [0.29, 0.717) is 11.1 Å². The Balaban J connectivity index is 1.72. The van der Waals surface area contributed by atoms with E-state index in [4.69, 9.17) is 0 Å². The lowest BCUT2D eigenvalue weighted by Gasteiger charge is -2.29. The first-order valence-electron chi connectivity index (χ1n) is 9.32. The second kappa shape index (κ2) is 6.93. The third kappa shape index (κ3) is 2.94. The van der Waals surface area contributed by atoms with Crippen LogP contribution in [0.4, 0.5) is 0 Å². The van der Waals surface area contributed by atoms with Crippen LogP contribution in [0.25, 0.3) is 32.9 Å². The van der Waals surface area contributed by atoms with Gasteiger partial charge in [-0.05, 0) is 59.5 Å². The fraction of sp³-hybridized carbons (Fsp3) is 0.136. The number of aromatic nitrogens is 2. The first-order valence-corrected chi connectivity index (χ1v) is 10.3. The molecule has 0 aliphatic carbocycles. The maximum atomic E-state index is 12.6. The van der Waals surface area contributed by atoms with E-state index >= 15 is 0 Å². The molecule has 2 N–H and O–H groups in total. The van der Waals surface area contributed by atoms with Crippen LogP contribution in [0.1, 0.15) is 20.7 Å². The van der Waals surface area contributed by atoms with Crippen molar-refractivity contribution in [3.63, 3.8) is 0 Å². The van der Waals surface area contributed by atoms with E-state index in [2.05, 4.69) is 21.4 Å². The Morgan fingerprint density at radius 2 is 1.86 bits per heavy atom. The second-order valence-corrected chi connectivity index (χ2v) is 7.99. The molecule has 7 heteroatoms. The highest BCUT2D eigenvalue weighted by Gasteiger charge is 2.23. The largest absolute Gasteiger partial charge is 0.355 e. The second-order valence-electron chi connectivity index (χ2n) is 6.89. The smallest absolute Gasteiger partial charge is 0.263 e. The SMILES string of the molecule is CNC(=O)c1cc(-c2ccncc2)cc2c1[nH]c1cc(C(=O)N3CCS3)ccc12. The summed E-state index contributed by atoms with van der Waals surface area (Å²) >= 11 is 1.54. The quantitative estimate of drug-likeness (QED) is 0.510. The third-order valence-corrected chi connectivity index (χ3v) is 6.23. The lowest BCUT2D eigenvalue weighted by atomic mass is 9.99. The summed E-state index contributed by atoms with van der Waals surface area (Å²) in [6, 6.07) is 13.5. The molecule has 1 saturated heterocycles. The van der Waals surface area contributed by atoms with Crippen molar-refractivity contribution in [2.45, 2.75) is 0 Å². The van der Waals surface area contributed by atoms with E-state index in [1.54, 1.807) is 35.7 Å². The zero-order chi connectivity index (χ0) is 20.0. The van der Waals surface area contributed by atoms with Gasteiger partial charge in [-0.25, -0.2) is 0 Å². The van der Waals surface area contributed by atoms with Gasteiger partial charge < -0.3 is 10.3 Å². The standard InChI is InChI=1S/C22H18N4O2S/c1-23-21(27)18-11-15(13-4-6-24-7-5-13)10-17-16-3-2-14(12-19(16)25-20(17)18)22(28)26-8-9-29-26/h2-7,10-12,25H,8-9H2,1H3,(H,23,27). The molecular weight excluding hydrogens is 384 g/mol. The Morgan fingerprint density at radius 1 is 1.07 bits per heavy atom. The van der Waals surface area contributed by atoms with E-state index in [1.165, 1.54) is 0 Å². The molecule has 1 aliphatic heterocycles. The fourth-order valence-electron chi connectivity index (χ4n) is 3.65. The molecule has 0 bridgehead atoms. The number of aromatic amines is 1. The first-order chi connectivity index (χ1) is 14.2. The monoisotopic (exact) mass is 402 g/mol. The number of nitrogens with zero attached hydrogens (tertiary/aromatic N) is 2. The van der Waals surface area contributed by atoms with Crippen molar-refractivity contribution in [2.24, 2.45) is 0 Å². The van der Waals surface area contributed by atoms with Crippen LogP contribution in [0.5, 0.6) is 0 Å². The Kier molecular flexibility index (Phi) is 4.24.